The summed E-state index contributed by atoms with van der Waals surface area (Å²) in [6.07, 6.45) is 2.97. The number of carbonyl (C=O) groups excluding carboxylic acids is 1. The summed E-state index contributed by atoms with van der Waals surface area (Å²) in [6, 6.07) is 4.90. The first-order valence-corrected chi connectivity index (χ1v) is 4.37. The standard InChI is InChI=1S/C10H9N3O2.K/c1-7-2-3-8(10(14)15)9(6-7)13-11-4-5-12-13;/h2-6H,1H3,(H,14,15);/q;+1/p-1. The molecule has 0 aliphatic rings. The molecule has 0 atom stereocenters. The molecule has 1 aromatic heterocycles. The maximum absolute atomic E-state index is 10.8. The fourth-order valence-corrected chi connectivity index (χ4v) is 1.32. The van der Waals surface area contributed by atoms with Gasteiger partial charge < -0.3 is 9.90 Å². The topological polar surface area (TPSA) is 70.8 Å². The van der Waals surface area contributed by atoms with Crippen molar-refractivity contribution in [3.8, 4) is 5.69 Å². The molecule has 0 aliphatic carbocycles. The number of rotatable bonds is 2. The third-order valence-electron chi connectivity index (χ3n) is 2.01. The van der Waals surface area contributed by atoms with Crippen molar-refractivity contribution < 1.29 is 61.3 Å². The monoisotopic (exact) mass is 241 g/mol. The van der Waals surface area contributed by atoms with E-state index in [9.17, 15) is 9.90 Å². The molecule has 0 spiro atoms. The van der Waals surface area contributed by atoms with Gasteiger partial charge in [-0.25, -0.2) is 0 Å². The van der Waals surface area contributed by atoms with Gasteiger partial charge in [-0.3, -0.25) is 0 Å². The minimum Gasteiger partial charge on any atom is -0.545 e. The molecule has 1 aromatic carbocycles. The number of carboxylic acids is 1. The van der Waals surface area contributed by atoms with Crippen molar-refractivity contribution in [3.63, 3.8) is 0 Å². The van der Waals surface area contributed by atoms with Crippen molar-refractivity contribution >= 4 is 5.97 Å². The van der Waals surface area contributed by atoms with Crippen molar-refractivity contribution in [2.75, 3.05) is 0 Å². The van der Waals surface area contributed by atoms with E-state index in [4.69, 9.17) is 0 Å². The maximum Gasteiger partial charge on any atom is 1.00 e. The van der Waals surface area contributed by atoms with E-state index in [1.807, 2.05) is 6.92 Å². The molecule has 2 rings (SSSR count). The number of nitrogens with zero attached hydrogens (tertiary/aromatic N) is 3. The predicted molar refractivity (Wildman–Crippen MR) is 50.4 cm³/mol. The number of aromatic nitrogens is 3. The Hall–Kier alpha value is -0.534. The molecule has 0 saturated heterocycles. The largest absolute Gasteiger partial charge is 1.00 e. The Kier molecular flexibility index (Phi) is 4.81. The number of aryl methyl sites for hydroxylation is 1. The van der Waals surface area contributed by atoms with E-state index in [2.05, 4.69) is 10.2 Å². The molecule has 0 N–H and O–H groups in total. The van der Waals surface area contributed by atoms with Crippen LogP contribution in [0, 0.1) is 6.92 Å². The summed E-state index contributed by atoms with van der Waals surface area (Å²) >= 11 is 0. The first kappa shape index (κ1) is 13.5. The van der Waals surface area contributed by atoms with E-state index in [1.54, 1.807) is 12.1 Å². The van der Waals surface area contributed by atoms with Gasteiger partial charge in [0.25, 0.3) is 0 Å². The van der Waals surface area contributed by atoms with E-state index in [-0.39, 0.29) is 56.9 Å². The molecule has 2 aromatic rings. The zero-order chi connectivity index (χ0) is 10.8. The number of carbonyl (C=O) groups is 1. The Bertz CT molecular complexity index is 497. The van der Waals surface area contributed by atoms with Crippen LogP contribution in [0.5, 0.6) is 0 Å². The third-order valence-corrected chi connectivity index (χ3v) is 2.01. The molecule has 5 nitrogen and oxygen atoms in total. The van der Waals surface area contributed by atoms with Crippen LogP contribution >= 0.6 is 0 Å². The average Bonchev–Trinajstić information content (AvgIpc) is 2.69. The van der Waals surface area contributed by atoms with Gasteiger partial charge in [0.05, 0.1) is 24.1 Å². The Labute approximate surface area is 135 Å². The Morgan fingerprint density at radius 3 is 2.50 bits per heavy atom. The van der Waals surface area contributed by atoms with Gasteiger partial charge in [0.2, 0.25) is 0 Å². The smallest absolute Gasteiger partial charge is 0.545 e. The summed E-state index contributed by atoms with van der Waals surface area (Å²) in [7, 11) is 0. The second-order valence-corrected chi connectivity index (χ2v) is 3.13. The Morgan fingerprint density at radius 2 is 1.94 bits per heavy atom. The van der Waals surface area contributed by atoms with Crippen LogP contribution in [0.15, 0.2) is 30.6 Å². The van der Waals surface area contributed by atoms with Crippen LogP contribution in [-0.2, 0) is 0 Å². The molecule has 0 bridgehead atoms. The van der Waals surface area contributed by atoms with E-state index in [1.165, 1.54) is 23.3 Å². The van der Waals surface area contributed by atoms with Gasteiger partial charge in [0.1, 0.15) is 0 Å². The maximum atomic E-state index is 10.8. The average molecular weight is 241 g/mol. The molecule has 0 unspecified atom stereocenters. The number of benzene rings is 1. The number of hydrogen-bond donors (Lipinski definition) is 0. The quantitative estimate of drug-likeness (QED) is 0.524. The molecular formula is C10H8KN3O2. The second kappa shape index (κ2) is 5.69. The molecule has 0 saturated carbocycles. The van der Waals surface area contributed by atoms with Crippen LogP contribution in [0.3, 0.4) is 0 Å². The summed E-state index contributed by atoms with van der Waals surface area (Å²) in [4.78, 5) is 12.1. The fraction of sp³-hybridized carbons (Fsp3) is 0.100. The van der Waals surface area contributed by atoms with Crippen LogP contribution in [0.1, 0.15) is 15.9 Å². The number of hydrogen-bond acceptors (Lipinski definition) is 4. The summed E-state index contributed by atoms with van der Waals surface area (Å²) < 4.78 is 0. The number of carboxylic acid groups (broad SMARTS) is 1. The van der Waals surface area contributed by atoms with Gasteiger partial charge >= 0.3 is 51.4 Å². The Balaban J connectivity index is 0.00000128. The molecule has 1 heterocycles. The summed E-state index contributed by atoms with van der Waals surface area (Å²) in [5.41, 5.74) is 1.43. The van der Waals surface area contributed by atoms with Gasteiger partial charge in [-0.05, 0) is 18.6 Å². The van der Waals surface area contributed by atoms with Crippen LogP contribution in [0.25, 0.3) is 5.69 Å². The zero-order valence-electron chi connectivity index (χ0n) is 9.04. The second-order valence-electron chi connectivity index (χ2n) is 3.13. The minimum atomic E-state index is -1.23. The van der Waals surface area contributed by atoms with Crippen LogP contribution in [0.4, 0.5) is 0 Å². The molecule has 76 valence electrons. The van der Waals surface area contributed by atoms with Gasteiger partial charge in [-0.2, -0.15) is 15.0 Å². The normalized spacial score (nSPS) is 9.56. The van der Waals surface area contributed by atoms with Crippen molar-refractivity contribution in [3.05, 3.63) is 41.7 Å². The van der Waals surface area contributed by atoms with Gasteiger partial charge in [-0.1, -0.05) is 12.1 Å². The molecule has 0 fully saturated rings. The van der Waals surface area contributed by atoms with Gasteiger partial charge in [0.15, 0.2) is 0 Å². The van der Waals surface area contributed by atoms with Crippen molar-refractivity contribution in [2.45, 2.75) is 6.92 Å². The van der Waals surface area contributed by atoms with Crippen molar-refractivity contribution in [2.24, 2.45) is 0 Å². The first-order chi connectivity index (χ1) is 7.18. The fourth-order valence-electron chi connectivity index (χ4n) is 1.32. The SMILES string of the molecule is Cc1ccc(C(=O)[O-])c(-n2nccn2)c1.[K+]. The predicted octanol–water partition coefficient (Wildman–Crippen LogP) is -3.06. The van der Waals surface area contributed by atoms with Gasteiger partial charge in [0, 0.05) is 5.56 Å². The zero-order valence-corrected chi connectivity index (χ0v) is 12.2. The first-order valence-electron chi connectivity index (χ1n) is 4.37. The third kappa shape index (κ3) is 2.77. The summed E-state index contributed by atoms with van der Waals surface area (Å²) in [6.45, 7) is 1.87. The van der Waals surface area contributed by atoms with E-state index in [0.717, 1.165) is 5.56 Å². The van der Waals surface area contributed by atoms with Crippen LogP contribution in [0.2, 0.25) is 0 Å². The molecule has 0 amide bonds. The molecule has 6 heteroatoms. The minimum absolute atomic E-state index is 0. The summed E-state index contributed by atoms with van der Waals surface area (Å²) in [5, 5.41) is 18.6. The Morgan fingerprint density at radius 1 is 1.31 bits per heavy atom. The van der Waals surface area contributed by atoms with E-state index in [0.29, 0.717) is 5.69 Å². The molecule has 0 radical (unpaired) electrons. The van der Waals surface area contributed by atoms with E-state index < -0.39 is 5.97 Å². The molecule has 0 aliphatic heterocycles. The summed E-state index contributed by atoms with van der Waals surface area (Å²) in [5.74, 6) is -1.23. The van der Waals surface area contributed by atoms with Crippen molar-refractivity contribution in [1.82, 2.24) is 15.0 Å². The van der Waals surface area contributed by atoms with Crippen LogP contribution in [-0.4, -0.2) is 21.0 Å². The van der Waals surface area contributed by atoms with Crippen LogP contribution < -0.4 is 56.5 Å². The molecule has 16 heavy (non-hydrogen) atoms. The van der Waals surface area contributed by atoms with Crippen molar-refractivity contribution in [1.29, 1.82) is 0 Å². The van der Waals surface area contributed by atoms with E-state index >= 15 is 0 Å². The van der Waals surface area contributed by atoms with Gasteiger partial charge in [-0.15, -0.1) is 0 Å². The number of aromatic carboxylic acids is 1. The molecular weight excluding hydrogens is 233 g/mol.